The van der Waals surface area contributed by atoms with Crippen LogP contribution in [-0.2, 0) is 16.0 Å². The topological polar surface area (TPSA) is 76.8 Å². The maximum absolute atomic E-state index is 12.9. The molecule has 0 saturated carbocycles. The fourth-order valence-electron chi connectivity index (χ4n) is 3.60. The van der Waals surface area contributed by atoms with Crippen LogP contribution in [0.1, 0.15) is 30.0 Å². The molecule has 1 aliphatic heterocycles. The van der Waals surface area contributed by atoms with Crippen molar-refractivity contribution in [3.63, 3.8) is 0 Å². The van der Waals surface area contributed by atoms with Gasteiger partial charge in [0.15, 0.2) is 11.5 Å². The van der Waals surface area contributed by atoms with Crippen LogP contribution >= 0.6 is 11.6 Å². The molecule has 7 heteroatoms. The Bertz CT molecular complexity index is 1190. The summed E-state index contributed by atoms with van der Waals surface area (Å²) in [5, 5.41) is 0.653. The van der Waals surface area contributed by atoms with E-state index >= 15 is 0 Å². The number of amides is 1. The number of carbonyl (C=O) groups excluding carboxylic acids is 2. The van der Waals surface area contributed by atoms with Gasteiger partial charge < -0.3 is 14.1 Å². The summed E-state index contributed by atoms with van der Waals surface area (Å²) in [6.07, 6.45) is -0.299. The van der Waals surface area contributed by atoms with E-state index in [1.807, 2.05) is 31.2 Å². The van der Waals surface area contributed by atoms with Crippen LogP contribution in [0.5, 0.6) is 0 Å². The molecular weight excluding hydrogens is 394 g/mol. The number of hydrogen-bond acceptors (Lipinski definition) is 5. The molecular formula is C22H18ClNO5. The highest BCUT2D eigenvalue weighted by Crippen LogP contribution is 2.32. The van der Waals surface area contributed by atoms with Crippen LogP contribution < -0.4 is 10.3 Å². The fourth-order valence-corrected chi connectivity index (χ4v) is 3.77. The number of rotatable bonds is 3. The highest BCUT2D eigenvalue weighted by atomic mass is 35.5. The van der Waals surface area contributed by atoms with Crippen LogP contribution in [0.4, 0.5) is 5.69 Å². The molecule has 3 aromatic rings. The van der Waals surface area contributed by atoms with Crippen LogP contribution in [0.2, 0.25) is 5.02 Å². The van der Waals surface area contributed by atoms with Gasteiger partial charge in [0.2, 0.25) is 5.76 Å². The van der Waals surface area contributed by atoms with Crippen LogP contribution in [0.15, 0.2) is 57.7 Å². The van der Waals surface area contributed by atoms with Crippen molar-refractivity contribution in [2.45, 2.75) is 32.4 Å². The number of fused-ring (bicyclic) bond motifs is 2. The zero-order valence-corrected chi connectivity index (χ0v) is 16.6. The van der Waals surface area contributed by atoms with Gasteiger partial charge in [-0.15, -0.1) is 0 Å². The first kappa shape index (κ1) is 19.2. The van der Waals surface area contributed by atoms with Gasteiger partial charge in [-0.3, -0.25) is 9.59 Å². The van der Waals surface area contributed by atoms with Crippen LogP contribution in [0.3, 0.4) is 0 Å². The number of nitrogens with zero attached hydrogens (tertiary/aromatic N) is 1. The first-order valence-corrected chi connectivity index (χ1v) is 9.58. The molecule has 2 aromatic carbocycles. The van der Waals surface area contributed by atoms with Gasteiger partial charge in [0, 0.05) is 22.8 Å². The monoisotopic (exact) mass is 411 g/mol. The van der Waals surface area contributed by atoms with Gasteiger partial charge in [-0.1, -0.05) is 29.8 Å². The number of benzene rings is 2. The Morgan fingerprint density at radius 3 is 2.76 bits per heavy atom. The smallest absolute Gasteiger partial charge is 0.375 e. The second-order valence-electron chi connectivity index (χ2n) is 7.05. The van der Waals surface area contributed by atoms with Crippen molar-refractivity contribution in [3.8, 4) is 0 Å². The number of ether oxygens (including phenoxy) is 1. The van der Waals surface area contributed by atoms with Gasteiger partial charge in [-0.2, -0.15) is 0 Å². The molecule has 1 aliphatic rings. The van der Waals surface area contributed by atoms with Gasteiger partial charge in [0.1, 0.15) is 5.58 Å². The highest BCUT2D eigenvalue weighted by molar-refractivity contribution is 6.31. The van der Waals surface area contributed by atoms with E-state index in [0.29, 0.717) is 5.02 Å². The van der Waals surface area contributed by atoms with E-state index in [2.05, 4.69) is 0 Å². The maximum Gasteiger partial charge on any atom is 0.375 e. The number of halogens is 1. The summed E-state index contributed by atoms with van der Waals surface area (Å²) in [4.78, 5) is 39.4. The average Bonchev–Trinajstić information content (AvgIpc) is 3.03. The predicted molar refractivity (Wildman–Crippen MR) is 109 cm³/mol. The number of esters is 1. The molecule has 0 bridgehead atoms. The van der Waals surface area contributed by atoms with E-state index in [0.717, 1.165) is 23.7 Å². The van der Waals surface area contributed by atoms with E-state index in [9.17, 15) is 14.4 Å². The number of carbonyl (C=O) groups is 2. The minimum atomic E-state index is -1.04. The van der Waals surface area contributed by atoms with Gasteiger partial charge in [0.05, 0.1) is 5.39 Å². The summed E-state index contributed by atoms with van der Waals surface area (Å²) < 4.78 is 10.8. The molecule has 0 saturated heterocycles. The van der Waals surface area contributed by atoms with Crippen molar-refractivity contribution in [1.82, 2.24) is 0 Å². The molecule has 2 heterocycles. The Morgan fingerprint density at radius 1 is 1.21 bits per heavy atom. The molecule has 0 spiro atoms. The fraction of sp³-hybridized carbons (Fsp3) is 0.227. The zero-order chi connectivity index (χ0) is 20.7. The maximum atomic E-state index is 12.9. The summed E-state index contributed by atoms with van der Waals surface area (Å²) >= 11 is 5.89. The standard InChI is InChI=1S/C22H18ClNO5/c1-12-9-14-5-3-4-6-17(14)24(12)21(26)13(2)28-22(27)20-11-18(25)16-10-15(23)7-8-19(16)29-20/h3-8,10-13H,9H2,1-2H3/t12-,13-/m0/s1. The van der Waals surface area contributed by atoms with Crippen molar-refractivity contribution >= 4 is 40.1 Å². The minimum Gasteiger partial charge on any atom is -0.449 e. The van der Waals surface area contributed by atoms with E-state index in [4.69, 9.17) is 20.8 Å². The van der Waals surface area contributed by atoms with Crippen molar-refractivity contribution in [2.24, 2.45) is 0 Å². The molecule has 1 amide bonds. The zero-order valence-electron chi connectivity index (χ0n) is 15.8. The lowest BCUT2D eigenvalue weighted by Crippen LogP contribution is -2.43. The van der Waals surface area contributed by atoms with Crippen molar-refractivity contribution in [2.75, 3.05) is 4.90 Å². The first-order valence-electron chi connectivity index (χ1n) is 9.20. The molecule has 2 atom stereocenters. The lowest BCUT2D eigenvalue weighted by Gasteiger charge is -2.25. The second kappa shape index (κ2) is 7.37. The molecule has 6 nitrogen and oxygen atoms in total. The third kappa shape index (κ3) is 3.51. The van der Waals surface area contributed by atoms with Crippen molar-refractivity contribution in [1.29, 1.82) is 0 Å². The SMILES string of the molecule is C[C@H](OC(=O)c1cc(=O)c2cc(Cl)ccc2o1)C(=O)N1c2ccccc2C[C@@H]1C. The van der Waals surface area contributed by atoms with Crippen LogP contribution in [-0.4, -0.2) is 24.0 Å². The molecule has 29 heavy (non-hydrogen) atoms. The highest BCUT2D eigenvalue weighted by Gasteiger charge is 2.34. The third-order valence-corrected chi connectivity index (χ3v) is 5.20. The first-order chi connectivity index (χ1) is 13.8. The van der Waals surface area contributed by atoms with Gasteiger partial charge in [-0.05, 0) is 50.1 Å². The van der Waals surface area contributed by atoms with Crippen LogP contribution in [0, 0.1) is 0 Å². The molecule has 0 fully saturated rings. The van der Waals surface area contributed by atoms with E-state index in [1.54, 1.807) is 11.0 Å². The number of anilines is 1. The molecule has 4 rings (SSSR count). The number of para-hydroxylation sites is 1. The summed E-state index contributed by atoms with van der Waals surface area (Å²) in [6, 6.07) is 13.2. The average molecular weight is 412 g/mol. The summed E-state index contributed by atoms with van der Waals surface area (Å²) in [5.74, 6) is -1.47. The summed E-state index contributed by atoms with van der Waals surface area (Å²) in [7, 11) is 0. The van der Waals surface area contributed by atoms with Gasteiger partial charge in [0.25, 0.3) is 5.91 Å². The quantitative estimate of drug-likeness (QED) is 0.609. The summed E-state index contributed by atoms with van der Waals surface area (Å²) in [5.41, 5.74) is 1.70. The Morgan fingerprint density at radius 2 is 1.97 bits per heavy atom. The van der Waals surface area contributed by atoms with Crippen molar-refractivity contribution in [3.05, 3.63) is 75.1 Å². The van der Waals surface area contributed by atoms with E-state index in [-0.39, 0.29) is 28.7 Å². The lowest BCUT2D eigenvalue weighted by molar-refractivity contribution is -0.126. The summed E-state index contributed by atoms with van der Waals surface area (Å²) in [6.45, 7) is 3.45. The molecule has 0 N–H and O–H groups in total. The molecule has 1 aromatic heterocycles. The normalized spacial score (nSPS) is 16.5. The Kier molecular flexibility index (Phi) is 4.88. The molecule has 0 radical (unpaired) electrons. The number of hydrogen-bond donors (Lipinski definition) is 0. The van der Waals surface area contributed by atoms with E-state index < -0.39 is 17.5 Å². The predicted octanol–water partition coefficient (Wildman–Crippen LogP) is 3.97. The lowest BCUT2D eigenvalue weighted by atomic mass is 10.1. The third-order valence-electron chi connectivity index (χ3n) is 4.97. The Labute approximate surface area is 171 Å². The van der Waals surface area contributed by atoms with Gasteiger partial charge in [-0.25, -0.2) is 4.79 Å². The molecule has 0 unspecified atom stereocenters. The molecule has 0 aliphatic carbocycles. The molecule has 148 valence electrons. The Hall–Kier alpha value is -3.12. The van der Waals surface area contributed by atoms with Crippen molar-refractivity contribution < 1.29 is 18.7 Å². The second-order valence-corrected chi connectivity index (χ2v) is 7.49. The van der Waals surface area contributed by atoms with Gasteiger partial charge >= 0.3 is 5.97 Å². The largest absolute Gasteiger partial charge is 0.449 e. The Balaban J connectivity index is 1.56. The van der Waals surface area contributed by atoms with Crippen LogP contribution in [0.25, 0.3) is 11.0 Å². The minimum absolute atomic E-state index is 0.0376. The van der Waals surface area contributed by atoms with E-state index in [1.165, 1.54) is 19.1 Å².